The maximum Gasteiger partial charge on any atom is 0.205 e. The Kier molecular flexibility index (Phi) is 4.65. The van der Waals surface area contributed by atoms with Crippen molar-refractivity contribution in [2.24, 2.45) is 0 Å². The zero-order chi connectivity index (χ0) is 13.8. The van der Waals surface area contributed by atoms with Crippen molar-refractivity contribution < 1.29 is 13.5 Å². The van der Waals surface area contributed by atoms with Gasteiger partial charge in [-0.25, -0.2) is 8.78 Å². The predicted molar refractivity (Wildman–Crippen MR) is 72.5 cm³/mol. The van der Waals surface area contributed by atoms with Crippen molar-refractivity contribution in [3.8, 4) is 5.75 Å². The van der Waals surface area contributed by atoms with E-state index in [2.05, 4.69) is 31.4 Å². The van der Waals surface area contributed by atoms with Crippen molar-refractivity contribution in [2.75, 3.05) is 11.9 Å². The molecule has 1 aromatic carbocycles. The summed E-state index contributed by atoms with van der Waals surface area (Å²) in [5, 5.41) is 12.1. The minimum Gasteiger partial charge on any atom is -0.482 e. The summed E-state index contributed by atoms with van der Waals surface area (Å²) in [6.45, 7) is 2.76. The second-order valence-corrected chi connectivity index (χ2v) is 5.43. The first-order valence-corrected chi connectivity index (χ1v) is 7.04. The predicted octanol–water partition coefficient (Wildman–Crippen LogP) is 3.59. The van der Waals surface area contributed by atoms with Gasteiger partial charge >= 0.3 is 0 Å². The highest BCUT2D eigenvalue weighted by molar-refractivity contribution is 9.10. The molecule has 0 spiro atoms. The third-order valence-corrected chi connectivity index (χ3v) is 3.54. The van der Waals surface area contributed by atoms with Gasteiger partial charge in [0.1, 0.15) is 12.4 Å². The summed E-state index contributed by atoms with van der Waals surface area (Å²) in [6.07, 6.45) is 0. The number of nitrogens with one attached hydrogen (secondary N) is 1. The van der Waals surface area contributed by atoms with E-state index < -0.39 is 11.6 Å². The maximum atomic E-state index is 13.5. The molecule has 19 heavy (non-hydrogen) atoms. The van der Waals surface area contributed by atoms with Crippen LogP contribution in [-0.4, -0.2) is 16.7 Å². The minimum absolute atomic E-state index is 0.0402. The van der Waals surface area contributed by atoms with E-state index >= 15 is 0 Å². The Hall–Kier alpha value is -1.28. The van der Waals surface area contributed by atoms with Crippen LogP contribution >= 0.6 is 27.3 Å². The van der Waals surface area contributed by atoms with Crippen molar-refractivity contribution in [3.63, 3.8) is 0 Å². The van der Waals surface area contributed by atoms with Crippen molar-refractivity contribution >= 4 is 32.4 Å². The normalized spacial score (nSPS) is 10.5. The highest BCUT2D eigenvalue weighted by Gasteiger charge is 2.12. The molecule has 0 fully saturated rings. The van der Waals surface area contributed by atoms with Crippen molar-refractivity contribution in [2.45, 2.75) is 13.5 Å². The molecule has 0 saturated carbocycles. The lowest BCUT2D eigenvalue weighted by atomic mass is 10.3. The molecular formula is C11H10BrF2N3OS. The second kappa shape index (κ2) is 6.25. The average molecular weight is 350 g/mol. The van der Waals surface area contributed by atoms with E-state index in [4.69, 9.17) is 4.74 Å². The first-order chi connectivity index (χ1) is 9.10. The van der Waals surface area contributed by atoms with Gasteiger partial charge in [0, 0.05) is 12.6 Å². The number of benzene rings is 1. The molecule has 1 heterocycles. The molecular weight excluding hydrogens is 340 g/mol. The Morgan fingerprint density at radius 3 is 2.84 bits per heavy atom. The van der Waals surface area contributed by atoms with Gasteiger partial charge < -0.3 is 10.1 Å². The number of aromatic nitrogens is 2. The summed E-state index contributed by atoms with van der Waals surface area (Å²) in [5.41, 5.74) is 0. The quantitative estimate of drug-likeness (QED) is 0.895. The minimum atomic E-state index is -0.761. The van der Waals surface area contributed by atoms with Crippen LogP contribution in [0.3, 0.4) is 0 Å². The van der Waals surface area contributed by atoms with Crippen LogP contribution in [0.4, 0.5) is 13.9 Å². The van der Waals surface area contributed by atoms with E-state index in [1.165, 1.54) is 11.3 Å². The summed E-state index contributed by atoms with van der Waals surface area (Å²) >= 11 is 4.37. The van der Waals surface area contributed by atoms with Crippen LogP contribution in [0.15, 0.2) is 16.6 Å². The Morgan fingerprint density at radius 1 is 1.37 bits per heavy atom. The molecule has 102 valence electrons. The van der Waals surface area contributed by atoms with Gasteiger partial charge in [-0.2, -0.15) is 0 Å². The lowest BCUT2D eigenvalue weighted by Gasteiger charge is -2.07. The molecule has 8 heteroatoms. The lowest BCUT2D eigenvalue weighted by molar-refractivity contribution is 0.285. The van der Waals surface area contributed by atoms with Gasteiger partial charge in [0.15, 0.2) is 16.6 Å². The molecule has 2 rings (SSSR count). The molecule has 0 bridgehead atoms. The summed E-state index contributed by atoms with van der Waals surface area (Å²) in [5.74, 6) is -1.47. The zero-order valence-corrected chi connectivity index (χ0v) is 12.3. The molecule has 0 saturated heterocycles. The van der Waals surface area contributed by atoms with E-state index in [9.17, 15) is 8.78 Å². The van der Waals surface area contributed by atoms with Crippen LogP contribution in [0, 0.1) is 11.6 Å². The third-order valence-electron chi connectivity index (χ3n) is 2.10. The van der Waals surface area contributed by atoms with Gasteiger partial charge in [0.25, 0.3) is 0 Å². The van der Waals surface area contributed by atoms with E-state index in [1.807, 2.05) is 6.92 Å². The van der Waals surface area contributed by atoms with E-state index in [0.29, 0.717) is 10.1 Å². The van der Waals surface area contributed by atoms with Gasteiger partial charge in [0.2, 0.25) is 5.13 Å². The molecule has 0 unspecified atom stereocenters. The Morgan fingerprint density at radius 2 is 2.16 bits per heavy atom. The molecule has 1 N–H and O–H groups in total. The molecule has 0 aliphatic heterocycles. The van der Waals surface area contributed by atoms with Crippen molar-refractivity contribution in [3.05, 3.63) is 33.2 Å². The molecule has 2 aromatic rings. The SMILES string of the molecule is CCNc1nnc(COc2c(F)cc(F)cc2Br)s1. The van der Waals surface area contributed by atoms with Crippen LogP contribution in [-0.2, 0) is 6.61 Å². The fourth-order valence-electron chi connectivity index (χ4n) is 1.34. The fraction of sp³-hybridized carbons (Fsp3) is 0.273. The molecule has 0 radical (unpaired) electrons. The first-order valence-electron chi connectivity index (χ1n) is 5.43. The van der Waals surface area contributed by atoms with Crippen LogP contribution in [0.5, 0.6) is 5.75 Å². The van der Waals surface area contributed by atoms with E-state index in [1.54, 1.807) is 0 Å². The Bertz CT molecular complexity index is 556. The summed E-state index contributed by atoms with van der Waals surface area (Å²) in [4.78, 5) is 0. The number of ether oxygens (including phenoxy) is 1. The van der Waals surface area contributed by atoms with Gasteiger partial charge in [-0.05, 0) is 28.9 Å². The Labute approximate surface area is 120 Å². The summed E-state index contributed by atoms with van der Waals surface area (Å²) in [6, 6.07) is 1.91. The number of halogens is 3. The standard InChI is InChI=1S/C11H10BrF2N3OS/c1-2-15-11-17-16-9(19-11)5-18-10-7(12)3-6(13)4-8(10)14/h3-4H,2,5H2,1H3,(H,15,17). The smallest absolute Gasteiger partial charge is 0.205 e. The monoisotopic (exact) mass is 349 g/mol. The zero-order valence-electron chi connectivity index (χ0n) is 9.91. The molecule has 1 aromatic heterocycles. The highest BCUT2D eigenvalue weighted by atomic mass is 79.9. The first kappa shape index (κ1) is 14.1. The summed E-state index contributed by atoms with van der Waals surface area (Å²) < 4.78 is 31.9. The number of anilines is 1. The number of nitrogens with zero attached hydrogens (tertiary/aromatic N) is 2. The van der Waals surface area contributed by atoms with Crippen LogP contribution in [0.2, 0.25) is 0 Å². The van der Waals surface area contributed by atoms with Crippen LogP contribution in [0.25, 0.3) is 0 Å². The third kappa shape index (κ3) is 3.60. The number of rotatable bonds is 5. The van der Waals surface area contributed by atoms with Gasteiger partial charge in [0.05, 0.1) is 4.47 Å². The van der Waals surface area contributed by atoms with Crippen molar-refractivity contribution in [1.82, 2.24) is 10.2 Å². The largest absolute Gasteiger partial charge is 0.482 e. The molecule has 4 nitrogen and oxygen atoms in total. The fourth-order valence-corrected chi connectivity index (χ4v) is 2.58. The molecule has 0 aliphatic rings. The molecule has 0 amide bonds. The second-order valence-electron chi connectivity index (χ2n) is 3.52. The van der Waals surface area contributed by atoms with E-state index in [-0.39, 0.29) is 16.8 Å². The lowest BCUT2D eigenvalue weighted by Crippen LogP contribution is -1.98. The van der Waals surface area contributed by atoms with E-state index in [0.717, 1.165) is 18.7 Å². The number of hydrogen-bond donors (Lipinski definition) is 1. The molecule has 0 atom stereocenters. The van der Waals surface area contributed by atoms with Gasteiger partial charge in [-0.15, -0.1) is 10.2 Å². The average Bonchev–Trinajstić information content (AvgIpc) is 2.76. The maximum absolute atomic E-state index is 13.5. The Balaban J connectivity index is 2.05. The molecule has 0 aliphatic carbocycles. The van der Waals surface area contributed by atoms with Gasteiger partial charge in [-0.1, -0.05) is 11.3 Å². The topological polar surface area (TPSA) is 47.0 Å². The van der Waals surface area contributed by atoms with Crippen LogP contribution < -0.4 is 10.1 Å². The van der Waals surface area contributed by atoms with Gasteiger partial charge in [-0.3, -0.25) is 0 Å². The van der Waals surface area contributed by atoms with Crippen molar-refractivity contribution in [1.29, 1.82) is 0 Å². The highest BCUT2D eigenvalue weighted by Crippen LogP contribution is 2.30. The summed E-state index contributed by atoms with van der Waals surface area (Å²) in [7, 11) is 0. The number of hydrogen-bond acceptors (Lipinski definition) is 5. The van der Waals surface area contributed by atoms with Crippen LogP contribution in [0.1, 0.15) is 11.9 Å².